The fourth-order valence-corrected chi connectivity index (χ4v) is 5.13. The highest BCUT2D eigenvalue weighted by molar-refractivity contribution is 5.86. The Morgan fingerprint density at radius 1 is 1.16 bits per heavy atom. The van der Waals surface area contributed by atoms with Crippen LogP contribution in [0.4, 0.5) is 23.8 Å². The summed E-state index contributed by atoms with van der Waals surface area (Å²) in [5.41, 5.74) is -1.29. The molecule has 0 bridgehead atoms. The molecule has 1 unspecified atom stereocenters. The van der Waals surface area contributed by atoms with Crippen LogP contribution >= 0.6 is 0 Å². The summed E-state index contributed by atoms with van der Waals surface area (Å²) in [5, 5.41) is 0. The standard InChI is InChI=1S/C21H27F3N4O3/c1-31-19(30)26-10-5-16(6-11-26)28-12-8-20(18(28)29)7-2-9-27(14-20)17-4-3-15(13-25-17)21(22,23)24/h3-4,13,16H,2,5-12,14H2,1H3. The summed E-state index contributed by atoms with van der Waals surface area (Å²) in [6.07, 6.45) is -0.143. The van der Waals surface area contributed by atoms with Crippen LogP contribution in [-0.4, -0.2) is 72.7 Å². The van der Waals surface area contributed by atoms with E-state index >= 15 is 0 Å². The van der Waals surface area contributed by atoms with Crippen LogP contribution in [0.1, 0.15) is 37.7 Å². The second kappa shape index (κ2) is 8.20. The maximum atomic E-state index is 13.4. The highest BCUT2D eigenvalue weighted by Crippen LogP contribution is 2.43. The van der Waals surface area contributed by atoms with Crippen LogP contribution in [-0.2, 0) is 15.7 Å². The quantitative estimate of drug-likeness (QED) is 0.707. The zero-order valence-corrected chi connectivity index (χ0v) is 17.5. The minimum Gasteiger partial charge on any atom is -0.453 e. The van der Waals surface area contributed by atoms with Crippen molar-refractivity contribution in [2.75, 3.05) is 44.7 Å². The molecule has 0 aliphatic carbocycles. The van der Waals surface area contributed by atoms with E-state index in [9.17, 15) is 22.8 Å². The Morgan fingerprint density at radius 3 is 2.52 bits per heavy atom. The van der Waals surface area contributed by atoms with Crippen molar-refractivity contribution < 1.29 is 27.5 Å². The summed E-state index contributed by atoms with van der Waals surface area (Å²) >= 11 is 0. The third-order valence-electron chi connectivity index (χ3n) is 6.86. The second-order valence-corrected chi connectivity index (χ2v) is 8.65. The van der Waals surface area contributed by atoms with Gasteiger partial charge in [0.15, 0.2) is 0 Å². The van der Waals surface area contributed by atoms with Gasteiger partial charge < -0.3 is 19.4 Å². The average molecular weight is 440 g/mol. The van der Waals surface area contributed by atoms with Crippen molar-refractivity contribution in [1.82, 2.24) is 14.8 Å². The minimum atomic E-state index is -4.42. The fraction of sp³-hybridized carbons (Fsp3) is 0.667. The number of carbonyl (C=O) groups excluding carboxylic acids is 2. The first-order chi connectivity index (χ1) is 14.7. The summed E-state index contributed by atoms with van der Waals surface area (Å²) in [5.74, 6) is 0.602. The number of hydrogen-bond acceptors (Lipinski definition) is 5. The van der Waals surface area contributed by atoms with Crippen LogP contribution in [0.5, 0.6) is 0 Å². The number of halogens is 3. The van der Waals surface area contributed by atoms with Gasteiger partial charge in [0.2, 0.25) is 5.91 Å². The number of anilines is 1. The number of carbonyl (C=O) groups is 2. The SMILES string of the molecule is COC(=O)N1CCC(N2CCC3(CCCN(c4ccc(C(F)(F)F)cn4)C3)C2=O)CC1. The molecule has 7 nitrogen and oxygen atoms in total. The van der Waals surface area contributed by atoms with E-state index in [1.807, 2.05) is 9.80 Å². The molecule has 170 valence electrons. The minimum absolute atomic E-state index is 0.104. The summed E-state index contributed by atoms with van der Waals surface area (Å²) in [7, 11) is 1.36. The average Bonchev–Trinajstić information content (AvgIpc) is 3.08. The zero-order valence-electron chi connectivity index (χ0n) is 17.5. The van der Waals surface area contributed by atoms with Gasteiger partial charge in [0.25, 0.3) is 0 Å². The first kappa shape index (κ1) is 21.7. The van der Waals surface area contributed by atoms with Gasteiger partial charge in [-0.3, -0.25) is 4.79 Å². The number of hydrogen-bond donors (Lipinski definition) is 0. The van der Waals surface area contributed by atoms with Crippen molar-refractivity contribution in [3.05, 3.63) is 23.9 Å². The molecule has 0 radical (unpaired) electrons. The van der Waals surface area contributed by atoms with Crippen LogP contribution in [0.25, 0.3) is 0 Å². The van der Waals surface area contributed by atoms with Gasteiger partial charge in [-0.1, -0.05) is 0 Å². The molecule has 2 amide bonds. The van der Waals surface area contributed by atoms with Gasteiger partial charge in [-0.05, 0) is 44.2 Å². The number of amides is 2. The molecule has 4 rings (SSSR count). The Labute approximate surface area is 179 Å². The smallest absolute Gasteiger partial charge is 0.417 e. The molecule has 1 atom stereocenters. The molecular weight excluding hydrogens is 413 g/mol. The van der Waals surface area contributed by atoms with E-state index in [0.717, 1.165) is 44.4 Å². The Balaban J connectivity index is 1.42. The lowest BCUT2D eigenvalue weighted by molar-refractivity contribution is -0.139. The first-order valence-corrected chi connectivity index (χ1v) is 10.7. The van der Waals surface area contributed by atoms with E-state index in [4.69, 9.17) is 4.74 Å². The lowest BCUT2D eigenvalue weighted by atomic mass is 9.78. The van der Waals surface area contributed by atoms with Crippen LogP contribution in [0.2, 0.25) is 0 Å². The molecular formula is C21H27F3N4O3. The van der Waals surface area contributed by atoms with E-state index in [2.05, 4.69) is 4.98 Å². The maximum absolute atomic E-state index is 13.4. The van der Waals surface area contributed by atoms with Crippen LogP contribution < -0.4 is 4.90 Å². The number of pyridine rings is 1. The first-order valence-electron chi connectivity index (χ1n) is 10.7. The third kappa shape index (κ3) is 4.16. The van der Waals surface area contributed by atoms with Crippen molar-refractivity contribution in [1.29, 1.82) is 0 Å². The molecule has 3 fully saturated rings. The van der Waals surface area contributed by atoms with E-state index in [-0.39, 0.29) is 18.0 Å². The number of rotatable bonds is 2. The van der Waals surface area contributed by atoms with Crippen molar-refractivity contribution in [2.24, 2.45) is 5.41 Å². The van der Waals surface area contributed by atoms with Crippen molar-refractivity contribution >= 4 is 17.8 Å². The molecule has 31 heavy (non-hydrogen) atoms. The van der Waals surface area contributed by atoms with E-state index in [1.54, 1.807) is 4.90 Å². The second-order valence-electron chi connectivity index (χ2n) is 8.65. The molecule has 0 N–H and O–H groups in total. The van der Waals surface area contributed by atoms with Gasteiger partial charge in [-0.25, -0.2) is 9.78 Å². The van der Waals surface area contributed by atoms with Gasteiger partial charge in [-0.2, -0.15) is 13.2 Å². The van der Waals surface area contributed by atoms with Gasteiger partial charge >= 0.3 is 12.3 Å². The monoisotopic (exact) mass is 440 g/mol. The Morgan fingerprint density at radius 2 is 1.90 bits per heavy atom. The maximum Gasteiger partial charge on any atom is 0.417 e. The molecule has 3 aliphatic heterocycles. The summed E-state index contributed by atoms with van der Waals surface area (Å²) < 4.78 is 43.3. The van der Waals surface area contributed by atoms with Crippen LogP contribution in [0.3, 0.4) is 0 Å². The molecule has 3 aliphatic rings. The zero-order chi connectivity index (χ0) is 22.2. The highest BCUT2D eigenvalue weighted by atomic mass is 19.4. The summed E-state index contributed by atoms with van der Waals surface area (Å²) in [4.78, 5) is 34.7. The number of ether oxygens (including phenoxy) is 1. The number of nitrogens with zero attached hydrogens (tertiary/aromatic N) is 4. The molecule has 4 heterocycles. The Bertz CT molecular complexity index is 824. The van der Waals surface area contributed by atoms with E-state index < -0.39 is 17.2 Å². The Kier molecular flexibility index (Phi) is 5.74. The Hall–Kier alpha value is -2.52. The van der Waals surface area contributed by atoms with Gasteiger partial charge in [-0.15, -0.1) is 0 Å². The predicted molar refractivity (Wildman–Crippen MR) is 106 cm³/mol. The van der Waals surface area contributed by atoms with Gasteiger partial charge in [0, 0.05) is 45.0 Å². The normalized spacial score (nSPS) is 25.4. The molecule has 0 aromatic carbocycles. The van der Waals surface area contributed by atoms with Crippen LogP contribution in [0, 0.1) is 5.41 Å². The molecule has 1 aromatic heterocycles. The molecule has 1 aromatic rings. The molecule has 10 heteroatoms. The molecule has 1 spiro atoms. The lowest BCUT2D eigenvalue weighted by Gasteiger charge is -2.41. The number of aromatic nitrogens is 1. The number of alkyl halides is 3. The molecule has 3 saturated heterocycles. The summed E-state index contributed by atoms with van der Waals surface area (Å²) in [6, 6.07) is 2.54. The van der Waals surface area contributed by atoms with Crippen molar-refractivity contribution in [2.45, 2.75) is 44.3 Å². The number of piperidine rings is 2. The van der Waals surface area contributed by atoms with E-state index in [1.165, 1.54) is 13.2 Å². The topological polar surface area (TPSA) is 66.0 Å². The third-order valence-corrected chi connectivity index (χ3v) is 6.86. The van der Waals surface area contributed by atoms with Crippen molar-refractivity contribution in [3.8, 4) is 0 Å². The van der Waals surface area contributed by atoms with Gasteiger partial charge in [0.05, 0.1) is 18.1 Å². The number of methoxy groups -OCH3 is 1. The lowest BCUT2D eigenvalue weighted by Crippen LogP contribution is -2.52. The predicted octanol–water partition coefficient (Wildman–Crippen LogP) is 3.15. The van der Waals surface area contributed by atoms with E-state index in [0.29, 0.717) is 38.5 Å². The van der Waals surface area contributed by atoms with Crippen molar-refractivity contribution in [3.63, 3.8) is 0 Å². The van der Waals surface area contributed by atoms with Gasteiger partial charge in [0.1, 0.15) is 5.82 Å². The summed E-state index contributed by atoms with van der Waals surface area (Å²) in [6.45, 7) is 2.95. The van der Waals surface area contributed by atoms with Crippen LogP contribution in [0.15, 0.2) is 18.3 Å². The molecule has 0 saturated carbocycles. The fourth-order valence-electron chi connectivity index (χ4n) is 5.13. The largest absolute Gasteiger partial charge is 0.453 e. The highest BCUT2D eigenvalue weighted by Gasteiger charge is 2.51. The number of likely N-dealkylation sites (tertiary alicyclic amines) is 2.